The fourth-order valence-corrected chi connectivity index (χ4v) is 1.90. The van der Waals surface area contributed by atoms with Gasteiger partial charge < -0.3 is 16.0 Å². The summed E-state index contributed by atoms with van der Waals surface area (Å²) >= 11 is 0. The van der Waals surface area contributed by atoms with Gasteiger partial charge in [-0.05, 0) is 24.6 Å². The average Bonchev–Trinajstić information content (AvgIpc) is 2.27. The first-order valence-corrected chi connectivity index (χ1v) is 5.17. The van der Waals surface area contributed by atoms with Crippen LogP contribution in [0.1, 0.15) is 12.5 Å². The summed E-state index contributed by atoms with van der Waals surface area (Å²) in [5.74, 6) is 0. The summed E-state index contributed by atoms with van der Waals surface area (Å²) in [6, 6.07) is 6.42. The monoisotopic (exact) mass is 191 g/mol. The predicted molar refractivity (Wildman–Crippen MR) is 60.7 cm³/mol. The summed E-state index contributed by atoms with van der Waals surface area (Å²) < 4.78 is 0. The molecule has 0 aliphatic carbocycles. The van der Waals surface area contributed by atoms with E-state index in [-0.39, 0.29) is 0 Å². The molecule has 1 aliphatic heterocycles. The van der Waals surface area contributed by atoms with Gasteiger partial charge in [0, 0.05) is 26.2 Å². The maximum absolute atomic E-state index is 5.61. The Hall–Kier alpha value is -1.22. The van der Waals surface area contributed by atoms with E-state index in [2.05, 4.69) is 35.3 Å². The number of hydrogen-bond acceptors (Lipinski definition) is 3. The van der Waals surface area contributed by atoms with Gasteiger partial charge in [0.1, 0.15) is 0 Å². The number of nitrogens with two attached hydrogens (primary N) is 1. The van der Waals surface area contributed by atoms with E-state index in [4.69, 9.17) is 5.73 Å². The molecule has 0 radical (unpaired) electrons. The molecule has 1 heterocycles. The molecule has 76 valence electrons. The minimum Gasteiger partial charge on any atom is -0.382 e. The van der Waals surface area contributed by atoms with Crippen LogP contribution in [0.25, 0.3) is 0 Å². The van der Waals surface area contributed by atoms with Crippen molar-refractivity contribution in [1.29, 1.82) is 0 Å². The van der Waals surface area contributed by atoms with Gasteiger partial charge in [-0.2, -0.15) is 0 Å². The Bertz CT molecular complexity index is 322. The van der Waals surface area contributed by atoms with E-state index >= 15 is 0 Å². The van der Waals surface area contributed by atoms with Crippen molar-refractivity contribution in [2.75, 3.05) is 29.9 Å². The number of benzene rings is 1. The van der Waals surface area contributed by atoms with Gasteiger partial charge in [0.15, 0.2) is 0 Å². The molecule has 0 fully saturated rings. The van der Waals surface area contributed by atoms with Crippen LogP contribution in [0.15, 0.2) is 18.2 Å². The summed E-state index contributed by atoms with van der Waals surface area (Å²) in [6.45, 7) is 5.98. The molecule has 0 unspecified atom stereocenters. The Labute approximate surface area is 84.9 Å². The number of anilines is 2. The van der Waals surface area contributed by atoms with Gasteiger partial charge in [-0.1, -0.05) is 6.07 Å². The molecule has 0 saturated carbocycles. The van der Waals surface area contributed by atoms with Gasteiger partial charge in [-0.25, -0.2) is 0 Å². The lowest BCUT2D eigenvalue weighted by molar-refractivity contribution is 0.813. The zero-order valence-electron chi connectivity index (χ0n) is 8.59. The van der Waals surface area contributed by atoms with Crippen LogP contribution in [0, 0.1) is 0 Å². The van der Waals surface area contributed by atoms with Crippen LogP contribution < -0.4 is 16.0 Å². The Morgan fingerprint density at radius 3 is 3.07 bits per heavy atom. The molecule has 0 saturated heterocycles. The van der Waals surface area contributed by atoms with Crippen LogP contribution in [0.4, 0.5) is 11.4 Å². The average molecular weight is 191 g/mol. The SMILES string of the molecule is CCN1CCNc2cc(CN)ccc21. The molecule has 3 nitrogen and oxygen atoms in total. The third-order valence-corrected chi connectivity index (χ3v) is 2.72. The topological polar surface area (TPSA) is 41.3 Å². The maximum Gasteiger partial charge on any atom is 0.0602 e. The van der Waals surface area contributed by atoms with Crippen LogP contribution in [0.5, 0.6) is 0 Å². The molecule has 1 aromatic rings. The summed E-state index contributed by atoms with van der Waals surface area (Å²) in [7, 11) is 0. The quantitative estimate of drug-likeness (QED) is 0.742. The zero-order valence-corrected chi connectivity index (χ0v) is 8.59. The molecule has 0 amide bonds. The Morgan fingerprint density at radius 2 is 2.36 bits per heavy atom. The van der Waals surface area contributed by atoms with E-state index in [1.165, 1.54) is 16.9 Å². The minimum absolute atomic E-state index is 0.612. The second kappa shape index (κ2) is 3.88. The van der Waals surface area contributed by atoms with Crippen LogP contribution in [0.3, 0.4) is 0 Å². The fraction of sp³-hybridized carbons (Fsp3) is 0.455. The molecule has 0 spiro atoms. The second-order valence-corrected chi connectivity index (χ2v) is 3.56. The van der Waals surface area contributed by atoms with E-state index in [0.29, 0.717) is 6.54 Å². The molecule has 0 atom stereocenters. The van der Waals surface area contributed by atoms with Crippen molar-refractivity contribution in [1.82, 2.24) is 0 Å². The van der Waals surface area contributed by atoms with E-state index < -0.39 is 0 Å². The molecule has 1 aromatic carbocycles. The van der Waals surface area contributed by atoms with Crippen LogP contribution in [0.2, 0.25) is 0 Å². The van der Waals surface area contributed by atoms with E-state index in [1.54, 1.807) is 0 Å². The summed E-state index contributed by atoms with van der Waals surface area (Å²) in [5, 5.41) is 3.40. The first-order valence-electron chi connectivity index (χ1n) is 5.17. The van der Waals surface area contributed by atoms with E-state index in [9.17, 15) is 0 Å². The second-order valence-electron chi connectivity index (χ2n) is 3.56. The van der Waals surface area contributed by atoms with Crippen LogP contribution in [-0.4, -0.2) is 19.6 Å². The van der Waals surface area contributed by atoms with Crippen molar-refractivity contribution in [3.8, 4) is 0 Å². The van der Waals surface area contributed by atoms with Gasteiger partial charge in [0.2, 0.25) is 0 Å². The number of hydrogen-bond donors (Lipinski definition) is 2. The lowest BCUT2D eigenvalue weighted by atomic mass is 10.1. The number of rotatable bonds is 2. The highest BCUT2D eigenvalue weighted by Crippen LogP contribution is 2.29. The van der Waals surface area contributed by atoms with Crippen LogP contribution in [-0.2, 0) is 6.54 Å². The normalized spacial score (nSPS) is 14.9. The molecule has 3 N–H and O–H groups in total. The highest BCUT2D eigenvalue weighted by Gasteiger charge is 2.14. The Morgan fingerprint density at radius 1 is 1.50 bits per heavy atom. The summed E-state index contributed by atoms with van der Waals surface area (Å²) in [5.41, 5.74) is 9.32. The highest BCUT2D eigenvalue weighted by atomic mass is 15.2. The molecule has 2 rings (SSSR count). The fourth-order valence-electron chi connectivity index (χ4n) is 1.90. The largest absolute Gasteiger partial charge is 0.382 e. The van der Waals surface area contributed by atoms with E-state index in [1.807, 2.05) is 0 Å². The van der Waals surface area contributed by atoms with Crippen LogP contribution >= 0.6 is 0 Å². The summed E-state index contributed by atoms with van der Waals surface area (Å²) in [4.78, 5) is 2.38. The Balaban J connectivity index is 2.35. The minimum atomic E-state index is 0.612. The first kappa shape index (κ1) is 9.34. The molecule has 3 heteroatoms. The van der Waals surface area contributed by atoms with Crippen molar-refractivity contribution in [3.63, 3.8) is 0 Å². The lowest BCUT2D eigenvalue weighted by Crippen LogP contribution is -2.33. The van der Waals surface area contributed by atoms with E-state index in [0.717, 1.165) is 19.6 Å². The van der Waals surface area contributed by atoms with Crippen molar-refractivity contribution >= 4 is 11.4 Å². The third-order valence-electron chi connectivity index (χ3n) is 2.72. The number of nitrogens with one attached hydrogen (secondary N) is 1. The number of likely N-dealkylation sites (N-methyl/N-ethyl adjacent to an activating group) is 1. The van der Waals surface area contributed by atoms with Crippen molar-refractivity contribution in [2.24, 2.45) is 5.73 Å². The Kier molecular flexibility index (Phi) is 2.59. The van der Waals surface area contributed by atoms with Gasteiger partial charge in [0.25, 0.3) is 0 Å². The molecule has 0 aromatic heterocycles. The smallest absolute Gasteiger partial charge is 0.0602 e. The van der Waals surface area contributed by atoms with Gasteiger partial charge in [-0.15, -0.1) is 0 Å². The molecular weight excluding hydrogens is 174 g/mol. The third kappa shape index (κ3) is 1.55. The molecule has 1 aliphatic rings. The highest BCUT2D eigenvalue weighted by molar-refractivity contribution is 5.72. The molecule has 0 bridgehead atoms. The van der Waals surface area contributed by atoms with Crippen molar-refractivity contribution in [3.05, 3.63) is 23.8 Å². The maximum atomic E-state index is 5.61. The van der Waals surface area contributed by atoms with Crippen molar-refractivity contribution in [2.45, 2.75) is 13.5 Å². The number of nitrogens with zero attached hydrogens (tertiary/aromatic N) is 1. The zero-order chi connectivity index (χ0) is 9.97. The van der Waals surface area contributed by atoms with Crippen molar-refractivity contribution < 1.29 is 0 Å². The number of fused-ring (bicyclic) bond motifs is 1. The van der Waals surface area contributed by atoms with Gasteiger partial charge >= 0.3 is 0 Å². The lowest BCUT2D eigenvalue weighted by Gasteiger charge is -2.31. The van der Waals surface area contributed by atoms with Gasteiger partial charge in [-0.3, -0.25) is 0 Å². The predicted octanol–water partition coefficient (Wildman–Crippen LogP) is 1.40. The summed E-state index contributed by atoms with van der Waals surface area (Å²) in [6.07, 6.45) is 0. The first-order chi connectivity index (χ1) is 6.85. The molecule has 14 heavy (non-hydrogen) atoms. The molecular formula is C11H17N3. The van der Waals surface area contributed by atoms with Gasteiger partial charge in [0.05, 0.1) is 11.4 Å². The standard InChI is InChI=1S/C11H17N3/c1-2-14-6-5-13-10-7-9(8-12)3-4-11(10)14/h3-4,7,13H,2,5-6,8,12H2,1H3.